The molecule has 0 aliphatic rings. The lowest BCUT2D eigenvalue weighted by Crippen LogP contribution is -2.43. The minimum Gasteiger partial charge on any atom is -0.480 e. The molecule has 17 heavy (non-hydrogen) atoms. The second-order valence-electron chi connectivity index (χ2n) is 3.51. The first kappa shape index (κ1) is 13.1. The Labute approximate surface area is 96.9 Å². The molecule has 0 unspecified atom stereocenters. The molecule has 0 radical (unpaired) electrons. The fourth-order valence-corrected chi connectivity index (χ4v) is 1.21. The number of aryl methyl sites for hydroxylation is 1. The van der Waals surface area contributed by atoms with Crippen LogP contribution in [0, 0.1) is 12.7 Å². The van der Waals surface area contributed by atoms with Crippen LogP contribution in [-0.4, -0.2) is 34.7 Å². The number of benzene rings is 1. The summed E-state index contributed by atoms with van der Waals surface area (Å²) in [6.45, 7) is 0.786. The van der Waals surface area contributed by atoms with Crippen LogP contribution in [0.15, 0.2) is 18.2 Å². The van der Waals surface area contributed by atoms with Crippen LogP contribution >= 0.6 is 0 Å². The highest BCUT2D eigenvalue weighted by Gasteiger charge is 2.19. The molecule has 0 aliphatic carbocycles. The summed E-state index contributed by atoms with van der Waals surface area (Å²) in [4.78, 5) is 22.2. The molecule has 1 atom stereocenters. The Bertz CT molecular complexity index is 447. The zero-order chi connectivity index (χ0) is 13.0. The van der Waals surface area contributed by atoms with E-state index in [0.29, 0.717) is 0 Å². The third kappa shape index (κ3) is 3.25. The van der Waals surface area contributed by atoms with Crippen molar-refractivity contribution < 1.29 is 24.2 Å². The van der Waals surface area contributed by atoms with E-state index in [4.69, 9.17) is 10.2 Å². The van der Waals surface area contributed by atoms with Gasteiger partial charge < -0.3 is 15.5 Å². The summed E-state index contributed by atoms with van der Waals surface area (Å²) in [5.41, 5.74) is 0.428. The van der Waals surface area contributed by atoms with E-state index in [1.807, 2.05) is 0 Å². The largest absolute Gasteiger partial charge is 0.480 e. The van der Waals surface area contributed by atoms with Crippen LogP contribution in [0.25, 0.3) is 0 Å². The molecule has 0 bridgehead atoms. The summed E-state index contributed by atoms with van der Waals surface area (Å²) in [6.07, 6.45) is 0. The first-order valence-electron chi connectivity index (χ1n) is 4.86. The first-order chi connectivity index (χ1) is 7.95. The third-order valence-electron chi connectivity index (χ3n) is 2.21. The second-order valence-corrected chi connectivity index (χ2v) is 3.51. The fourth-order valence-electron chi connectivity index (χ4n) is 1.21. The van der Waals surface area contributed by atoms with Gasteiger partial charge in [0.1, 0.15) is 5.82 Å². The minimum absolute atomic E-state index is 0.142. The number of carboxylic acids is 1. The van der Waals surface area contributed by atoms with Crippen molar-refractivity contribution in [3.63, 3.8) is 0 Å². The van der Waals surface area contributed by atoms with Crippen molar-refractivity contribution in [2.24, 2.45) is 0 Å². The highest BCUT2D eigenvalue weighted by Crippen LogP contribution is 2.09. The quantitative estimate of drug-likeness (QED) is 0.708. The maximum atomic E-state index is 13.0. The van der Waals surface area contributed by atoms with Gasteiger partial charge in [0.2, 0.25) is 0 Å². The van der Waals surface area contributed by atoms with Gasteiger partial charge in [-0.15, -0.1) is 0 Å². The number of hydrogen-bond acceptors (Lipinski definition) is 3. The van der Waals surface area contributed by atoms with E-state index in [1.54, 1.807) is 0 Å². The maximum Gasteiger partial charge on any atom is 0.328 e. The molecule has 1 amide bonds. The molecule has 0 fully saturated rings. The Morgan fingerprint density at radius 1 is 1.47 bits per heavy atom. The second kappa shape index (κ2) is 5.40. The molecular formula is C11H12FNO4. The number of aliphatic hydroxyl groups excluding tert-OH is 1. The topological polar surface area (TPSA) is 86.6 Å². The lowest BCUT2D eigenvalue weighted by Gasteiger charge is -2.11. The summed E-state index contributed by atoms with van der Waals surface area (Å²) in [5.74, 6) is -2.45. The summed E-state index contributed by atoms with van der Waals surface area (Å²) in [7, 11) is 0. The lowest BCUT2D eigenvalue weighted by atomic mass is 10.1. The Balaban J connectivity index is 2.82. The lowest BCUT2D eigenvalue weighted by molar-refractivity contribution is -0.140. The number of amides is 1. The molecule has 1 rings (SSSR count). The number of aliphatic hydroxyl groups is 1. The zero-order valence-electron chi connectivity index (χ0n) is 9.11. The molecule has 0 aromatic heterocycles. The van der Waals surface area contributed by atoms with Crippen LogP contribution < -0.4 is 5.32 Å². The molecule has 3 N–H and O–H groups in total. The van der Waals surface area contributed by atoms with Gasteiger partial charge in [-0.25, -0.2) is 9.18 Å². The molecule has 0 aliphatic heterocycles. The summed E-state index contributed by atoms with van der Waals surface area (Å²) < 4.78 is 13.0. The Hall–Kier alpha value is -1.95. The molecule has 6 heteroatoms. The average molecular weight is 241 g/mol. The standard InChI is InChI=1S/C11H12FNO4/c1-6-4-7(2-3-8(6)12)10(15)13-9(5-14)11(16)17/h2-4,9,14H,5H2,1H3,(H,13,15)(H,16,17)/t9-/m0/s1. The fraction of sp³-hybridized carbons (Fsp3) is 0.273. The molecule has 1 aromatic carbocycles. The number of carboxylic acid groups (broad SMARTS) is 1. The van der Waals surface area contributed by atoms with Gasteiger partial charge in [0.15, 0.2) is 6.04 Å². The van der Waals surface area contributed by atoms with Gasteiger partial charge in [-0.05, 0) is 30.7 Å². The van der Waals surface area contributed by atoms with E-state index in [-0.39, 0.29) is 11.1 Å². The number of carbonyl (C=O) groups is 2. The number of hydrogen-bond donors (Lipinski definition) is 3. The van der Waals surface area contributed by atoms with Crippen molar-refractivity contribution in [3.8, 4) is 0 Å². The number of aliphatic carboxylic acids is 1. The Morgan fingerprint density at radius 2 is 2.12 bits per heavy atom. The van der Waals surface area contributed by atoms with Crippen molar-refractivity contribution in [2.45, 2.75) is 13.0 Å². The molecule has 1 aromatic rings. The van der Waals surface area contributed by atoms with Crippen molar-refractivity contribution in [1.29, 1.82) is 0 Å². The summed E-state index contributed by atoms with van der Waals surface area (Å²) in [6, 6.07) is 2.31. The van der Waals surface area contributed by atoms with E-state index in [9.17, 15) is 14.0 Å². The molecular weight excluding hydrogens is 229 g/mol. The van der Waals surface area contributed by atoms with Gasteiger partial charge >= 0.3 is 5.97 Å². The number of carbonyl (C=O) groups excluding carboxylic acids is 1. The van der Waals surface area contributed by atoms with Gasteiger partial charge in [0.05, 0.1) is 6.61 Å². The van der Waals surface area contributed by atoms with Crippen LogP contribution in [0.5, 0.6) is 0 Å². The SMILES string of the molecule is Cc1cc(C(=O)N[C@@H](CO)C(=O)O)ccc1F. The van der Waals surface area contributed by atoms with E-state index >= 15 is 0 Å². The van der Waals surface area contributed by atoms with E-state index in [2.05, 4.69) is 5.32 Å². The Kier molecular flexibility index (Phi) is 4.17. The van der Waals surface area contributed by atoms with E-state index in [0.717, 1.165) is 6.07 Å². The van der Waals surface area contributed by atoms with E-state index in [1.165, 1.54) is 19.1 Å². The predicted molar refractivity (Wildman–Crippen MR) is 57.1 cm³/mol. The molecule has 5 nitrogen and oxygen atoms in total. The molecule has 92 valence electrons. The number of halogens is 1. The van der Waals surface area contributed by atoms with E-state index < -0.39 is 30.3 Å². The van der Waals surface area contributed by atoms with Crippen molar-refractivity contribution in [3.05, 3.63) is 35.1 Å². The Morgan fingerprint density at radius 3 is 2.59 bits per heavy atom. The van der Waals surface area contributed by atoms with Gasteiger partial charge in [0.25, 0.3) is 5.91 Å². The van der Waals surface area contributed by atoms with Crippen LogP contribution in [0.1, 0.15) is 15.9 Å². The van der Waals surface area contributed by atoms with Crippen molar-refractivity contribution in [2.75, 3.05) is 6.61 Å². The maximum absolute atomic E-state index is 13.0. The smallest absolute Gasteiger partial charge is 0.328 e. The monoisotopic (exact) mass is 241 g/mol. The minimum atomic E-state index is -1.37. The van der Waals surface area contributed by atoms with Gasteiger partial charge in [-0.3, -0.25) is 4.79 Å². The predicted octanol–water partition coefficient (Wildman–Crippen LogP) is 0.309. The van der Waals surface area contributed by atoms with Crippen LogP contribution in [0.4, 0.5) is 4.39 Å². The van der Waals surface area contributed by atoms with Crippen LogP contribution in [0.2, 0.25) is 0 Å². The van der Waals surface area contributed by atoms with Crippen molar-refractivity contribution >= 4 is 11.9 Å². The number of nitrogens with one attached hydrogen (secondary N) is 1. The highest BCUT2D eigenvalue weighted by atomic mass is 19.1. The summed E-state index contributed by atoms with van der Waals surface area (Å²) >= 11 is 0. The van der Waals surface area contributed by atoms with Crippen LogP contribution in [0.3, 0.4) is 0 Å². The highest BCUT2D eigenvalue weighted by molar-refractivity contribution is 5.96. The molecule has 0 saturated carbocycles. The third-order valence-corrected chi connectivity index (χ3v) is 2.21. The molecule has 0 heterocycles. The van der Waals surface area contributed by atoms with Gasteiger partial charge in [-0.2, -0.15) is 0 Å². The van der Waals surface area contributed by atoms with Gasteiger partial charge in [-0.1, -0.05) is 0 Å². The summed E-state index contributed by atoms with van der Waals surface area (Å²) in [5, 5.41) is 19.5. The molecule has 0 saturated heterocycles. The van der Waals surface area contributed by atoms with Crippen LogP contribution in [-0.2, 0) is 4.79 Å². The normalized spacial score (nSPS) is 11.9. The first-order valence-corrected chi connectivity index (χ1v) is 4.86. The zero-order valence-corrected chi connectivity index (χ0v) is 9.11. The number of rotatable bonds is 4. The van der Waals surface area contributed by atoms with Crippen molar-refractivity contribution in [1.82, 2.24) is 5.32 Å². The molecule has 0 spiro atoms. The van der Waals surface area contributed by atoms with Gasteiger partial charge in [0, 0.05) is 5.56 Å². The average Bonchev–Trinajstić information content (AvgIpc) is 2.28.